The molecular formula is C24H25N5O5. The maximum absolute atomic E-state index is 12.4. The molecule has 1 atom stereocenters. The number of hydrogen-bond donors (Lipinski definition) is 2. The van der Waals surface area contributed by atoms with Crippen LogP contribution in [0.15, 0.2) is 42.6 Å². The van der Waals surface area contributed by atoms with Gasteiger partial charge in [-0.2, -0.15) is 0 Å². The average molecular weight is 463 g/mol. The Morgan fingerprint density at radius 1 is 1.24 bits per heavy atom. The molecule has 2 aromatic heterocycles. The van der Waals surface area contributed by atoms with Crippen molar-refractivity contribution in [2.24, 2.45) is 0 Å². The number of ether oxygens (including phenoxy) is 3. The number of nitrogens with zero attached hydrogens (tertiary/aromatic N) is 3. The molecule has 2 aliphatic rings. The van der Waals surface area contributed by atoms with Gasteiger partial charge in [0.05, 0.1) is 30.4 Å². The molecule has 10 heteroatoms. The Morgan fingerprint density at radius 3 is 3.03 bits per heavy atom. The summed E-state index contributed by atoms with van der Waals surface area (Å²) in [5, 5.41) is 6.13. The van der Waals surface area contributed by atoms with E-state index >= 15 is 0 Å². The maximum Gasteiger partial charge on any atom is 0.414 e. The number of amides is 2. The highest BCUT2D eigenvalue weighted by molar-refractivity contribution is 5.97. The van der Waals surface area contributed by atoms with Crippen molar-refractivity contribution in [1.29, 1.82) is 0 Å². The van der Waals surface area contributed by atoms with Crippen LogP contribution in [0.4, 0.5) is 16.2 Å². The van der Waals surface area contributed by atoms with E-state index in [1.165, 1.54) is 0 Å². The number of carbonyl (C=O) groups is 2. The number of anilines is 2. The minimum Gasteiger partial charge on any atom is -0.482 e. The van der Waals surface area contributed by atoms with Gasteiger partial charge in [-0.25, -0.2) is 9.78 Å². The fourth-order valence-corrected chi connectivity index (χ4v) is 4.12. The molecule has 1 aromatic carbocycles. The van der Waals surface area contributed by atoms with Crippen LogP contribution in [0.5, 0.6) is 11.6 Å². The highest BCUT2D eigenvalue weighted by Gasteiger charge is 2.32. The Bertz CT molecular complexity index is 1230. The number of nitrogens with one attached hydrogen (secondary N) is 2. The van der Waals surface area contributed by atoms with Crippen molar-refractivity contribution < 1.29 is 23.8 Å². The monoisotopic (exact) mass is 463 g/mol. The lowest BCUT2D eigenvalue weighted by Crippen LogP contribution is -2.31. The van der Waals surface area contributed by atoms with Gasteiger partial charge in [-0.05, 0) is 55.3 Å². The summed E-state index contributed by atoms with van der Waals surface area (Å²) in [7, 11) is 1.60. The number of aryl methyl sites for hydroxylation is 1. The first-order valence-corrected chi connectivity index (χ1v) is 11.1. The first-order valence-electron chi connectivity index (χ1n) is 11.1. The Morgan fingerprint density at radius 2 is 2.15 bits per heavy atom. The molecule has 1 saturated heterocycles. The molecular weight excluding hydrogens is 438 g/mol. The lowest BCUT2D eigenvalue weighted by Gasteiger charge is -2.20. The predicted molar refractivity (Wildman–Crippen MR) is 125 cm³/mol. The number of methoxy groups -OCH3 is 1. The molecule has 176 valence electrons. The van der Waals surface area contributed by atoms with Crippen molar-refractivity contribution in [3.05, 3.63) is 48.2 Å². The van der Waals surface area contributed by atoms with Crippen molar-refractivity contribution in [2.45, 2.75) is 18.9 Å². The molecule has 2 aliphatic heterocycles. The molecule has 0 spiro atoms. The van der Waals surface area contributed by atoms with Gasteiger partial charge in [0.1, 0.15) is 11.9 Å². The molecule has 10 nitrogen and oxygen atoms in total. The largest absolute Gasteiger partial charge is 0.482 e. The summed E-state index contributed by atoms with van der Waals surface area (Å²) in [6, 6.07) is 11.0. The van der Waals surface area contributed by atoms with E-state index in [1.54, 1.807) is 42.5 Å². The number of rotatable bonds is 8. The number of fused-ring (bicyclic) bond motifs is 2. The van der Waals surface area contributed by atoms with Gasteiger partial charge in [0.25, 0.3) is 5.91 Å². The molecule has 2 N–H and O–H groups in total. The molecule has 34 heavy (non-hydrogen) atoms. The lowest BCUT2D eigenvalue weighted by molar-refractivity contribution is -0.118. The second kappa shape index (κ2) is 9.52. The summed E-state index contributed by atoms with van der Waals surface area (Å²) in [5.74, 6) is 0.941. The van der Waals surface area contributed by atoms with Crippen molar-refractivity contribution in [3.8, 4) is 11.6 Å². The maximum atomic E-state index is 12.4. The zero-order valence-electron chi connectivity index (χ0n) is 18.7. The van der Waals surface area contributed by atoms with E-state index in [0.29, 0.717) is 36.1 Å². The summed E-state index contributed by atoms with van der Waals surface area (Å²) >= 11 is 0. The molecule has 0 aliphatic carbocycles. The van der Waals surface area contributed by atoms with Crippen LogP contribution in [0, 0.1) is 0 Å². The first kappa shape index (κ1) is 21.9. The third-order valence-electron chi connectivity index (χ3n) is 5.80. The van der Waals surface area contributed by atoms with Crippen molar-refractivity contribution >= 4 is 34.4 Å². The van der Waals surface area contributed by atoms with Crippen molar-refractivity contribution in [2.75, 3.05) is 43.6 Å². The van der Waals surface area contributed by atoms with E-state index in [-0.39, 0.29) is 18.6 Å². The second-order valence-corrected chi connectivity index (χ2v) is 8.13. The van der Waals surface area contributed by atoms with Crippen LogP contribution in [-0.4, -0.2) is 61.4 Å². The molecule has 0 saturated carbocycles. The third kappa shape index (κ3) is 4.58. The van der Waals surface area contributed by atoms with E-state index in [2.05, 4.69) is 20.6 Å². The van der Waals surface area contributed by atoms with Crippen LogP contribution < -0.4 is 25.0 Å². The van der Waals surface area contributed by atoms with E-state index < -0.39 is 6.09 Å². The third-order valence-corrected chi connectivity index (χ3v) is 5.80. The highest BCUT2D eigenvalue weighted by atomic mass is 16.6. The second-order valence-electron chi connectivity index (χ2n) is 8.13. The van der Waals surface area contributed by atoms with E-state index in [9.17, 15) is 9.59 Å². The minimum absolute atomic E-state index is 0.00602. The number of pyridine rings is 2. The average Bonchev–Trinajstić information content (AvgIpc) is 3.23. The Balaban J connectivity index is 1.12. The topological polar surface area (TPSA) is 115 Å². The lowest BCUT2D eigenvalue weighted by atomic mass is 10.1. The molecule has 5 rings (SSSR count). The number of benzene rings is 1. The Kier molecular flexibility index (Phi) is 6.13. The van der Waals surface area contributed by atoms with Gasteiger partial charge in [0.15, 0.2) is 6.61 Å². The van der Waals surface area contributed by atoms with Gasteiger partial charge in [-0.1, -0.05) is 0 Å². The molecule has 2 amide bonds. The zero-order valence-corrected chi connectivity index (χ0v) is 18.7. The van der Waals surface area contributed by atoms with Gasteiger partial charge in [0, 0.05) is 24.5 Å². The number of carbonyl (C=O) groups excluding carboxylic acids is 2. The smallest absolute Gasteiger partial charge is 0.414 e. The fraction of sp³-hybridized carbons (Fsp3) is 0.333. The Labute approximate surface area is 196 Å². The Hall–Kier alpha value is -3.92. The van der Waals surface area contributed by atoms with E-state index in [4.69, 9.17) is 14.2 Å². The standard InChI is InChI=1S/C24H25N5O5/c1-32-22-7-5-18-23(28-22)15(8-10-26-18)3-2-9-25-12-17-13-29(24(31)34-17)16-4-6-20-19(11-16)27-21(30)14-33-20/h4-8,10-11,17,25H,2-3,9,12-14H2,1H3,(H,27,30)/t17-/m1/s1. The van der Waals surface area contributed by atoms with Gasteiger partial charge in [0.2, 0.25) is 5.88 Å². The van der Waals surface area contributed by atoms with Crippen LogP contribution in [0.2, 0.25) is 0 Å². The normalized spacial score (nSPS) is 17.2. The minimum atomic E-state index is -0.405. The molecule has 0 bridgehead atoms. The zero-order chi connectivity index (χ0) is 23.5. The molecule has 1 fully saturated rings. The number of cyclic esters (lactones) is 1. The summed E-state index contributed by atoms with van der Waals surface area (Å²) in [6.45, 7) is 1.74. The summed E-state index contributed by atoms with van der Waals surface area (Å²) in [5.41, 5.74) is 4.03. The van der Waals surface area contributed by atoms with E-state index in [0.717, 1.165) is 36.0 Å². The van der Waals surface area contributed by atoms with Crippen LogP contribution >= 0.6 is 0 Å². The van der Waals surface area contributed by atoms with Crippen LogP contribution in [0.25, 0.3) is 11.0 Å². The quantitative estimate of drug-likeness (QED) is 0.490. The van der Waals surface area contributed by atoms with Crippen LogP contribution in [0.1, 0.15) is 12.0 Å². The molecule has 3 aromatic rings. The van der Waals surface area contributed by atoms with Gasteiger partial charge in [-0.3, -0.25) is 14.7 Å². The van der Waals surface area contributed by atoms with Gasteiger partial charge < -0.3 is 24.8 Å². The summed E-state index contributed by atoms with van der Waals surface area (Å²) in [4.78, 5) is 34.4. The first-order chi connectivity index (χ1) is 16.6. The van der Waals surface area contributed by atoms with Crippen LogP contribution in [0.3, 0.4) is 0 Å². The van der Waals surface area contributed by atoms with E-state index in [1.807, 2.05) is 12.1 Å². The molecule has 0 radical (unpaired) electrons. The fourth-order valence-electron chi connectivity index (χ4n) is 4.12. The van der Waals surface area contributed by atoms with Crippen LogP contribution in [-0.2, 0) is 16.0 Å². The molecule has 0 unspecified atom stereocenters. The summed E-state index contributed by atoms with van der Waals surface area (Å²) in [6.07, 6.45) is 2.86. The number of hydrogen-bond acceptors (Lipinski definition) is 8. The van der Waals surface area contributed by atoms with Gasteiger partial charge in [-0.15, -0.1) is 0 Å². The highest BCUT2D eigenvalue weighted by Crippen LogP contribution is 2.33. The number of aromatic nitrogens is 2. The molecule has 4 heterocycles. The predicted octanol–water partition coefficient (Wildman–Crippen LogP) is 2.52. The van der Waals surface area contributed by atoms with Crippen molar-refractivity contribution in [3.63, 3.8) is 0 Å². The van der Waals surface area contributed by atoms with Crippen molar-refractivity contribution in [1.82, 2.24) is 15.3 Å². The SMILES string of the molecule is COc1ccc2nccc(CCCNC[C@@H]3CN(c4ccc5c(c4)NC(=O)CO5)C(=O)O3)c2n1. The summed E-state index contributed by atoms with van der Waals surface area (Å²) < 4.78 is 16.1. The van der Waals surface area contributed by atoms with Gasteiger partial charge >= 0.3 is 6.09 Å².